The van der Waals surface area contributed by atoms with Crippen LogP contribution in [-0.4, -0.2) is 43.8 Å². The van der Waals surface area contributed by atoms with Gasteiger partial charge in [0.25, 0.3) is 5.56 Å². The number of carbonyl (C=O) groups excluding carboxylic acids is 1. The molecule has 0 spiro atoms. The van der Waals surface area contributed by atoms with Crippen molar-refractivity contribution in [3.05, 3.63) is 16.7 Å². The second kappa shape index (κ2) is 18.8. The van der Waals surface area contributed by atoms with Crippen LogP contribution in [0.3, 0.4) is 0 Å². The zero-order valence-electron chi connectivity index (χ0n) is 22.9. The van der Waals surface area contributed by atoms with Gasteiger partial charge in [-0.1, -0.05) is 96.8 Å². The molecule has 0 bridgehead atoms. The molecule has 9 heteroatoms. The Morgan fingerprint density at radius 1 is 1.00 bits per heavy atom. The molecule has 2 heterocycles. The molecule has 37 heavy (non-hydrogen) atoms. The highest BCUT2D eigenvalue weighted by molar-refractivity contribution is 5.70. The predicted octanol–water partition coefficient (Wildman–Crippen LogP) is 5.51. The number of rotatable bonds is 22. The van der Waals surface area contributed by atoms with Crippen LogP contribution in [0.25, 0.3) is 11.2 Å². The average molecular weight is 520 g/mol. The van der Waals surface area contributed by atoms with E-state index in [1.165, 1.54) is 89.8 Å². The summed E-state index contributed by atoms with van der Waals surface area (Å²) in [6, 6.07) is 0. The Labute approximate surface area is 221 Å². The van der Waals surface area contributed by atoms with Crippen molar-refractivity contribution in [2.24, 2.45) is 5.92 Å². The number of fused-ring (bicyclic) bond motifs is 1. The first-order chi connectivity index (χ1) is 18.0. The van der Waals surface area contributed by atoms with Gasteiger partial charge in [-0.05, 0) is 12.8 Å². The van der Waals surface area contributed by atoms with Crippen molar-refractivity contribution in [1.82, 2.24) is 19.5 Å². The molecule has 0 radical (unpaired) electrons. The van der Waals surface area contributed by atoms with E-state index in [-0.39, 0.29) is 36.6 Å². The van der Waals surface area contributed by atoms with Crippen LogP contribution in [0.5, 0.6) is 0 Å². The number of anilines is 1. The average Bonchev–Trinajstić information content (AvgIpc) is 3.27. The van der Waals surface area contributed by atoms with Crippen molar-refractivity contribution < 1.29 is 14.6 Å². The highest BCUT2D eigenvalue weighted by Gasteiger charge is 2.16. The van der Waals surface area contributed by atoms with Crippen molar-refractivity contribution in [2.75, 3.05) is 18.9 Å². The third kappa shape index (κ3) is 12.6. The van der Waals surface area contributed by atoms with Crippen LogP contribution in [0.1, 0.15) is 116 Å². The number of imidazole rings is 1. The Balaban J connectivity index is 1.51. The summed E-state index contributed by atoms with van der Waals surface area (Å²) in [4.78, 5) is 34.9. The molecule has 0 aliphatic rings. The fourth-order valence-corrected chi connectivity index (χ4v) is 4.72. The molecule has 2 aromatic rings. The summed E-state index contributed by atoms with van der Waals surface area (Å²) in [5.41, 5.74) is 5.85. The number of unbranched alkanes of at least 4 members (excludes halogenated alkanes) is 14. The fraction of sp³-hybridized carbons (Fsp3) is 0.786. The first-order valence-corrected chi connectivity index (χ1v) is 14.5. The number of hydrogen-bond donors (Lipinski definition) is 3. The molecule has 4 N–H and O–H groups in total. The van der Waals surface area contributed by atoms with Gasteiger partial charge in [0.15, 0.2) is 11.2 Å². The topological polar surface area (TPSA) is 136 Å². The number of nitrogens with two attached hydrogens (primary N) is 1. The van der Waals surface area contributed by atoms with Gasteiger partial charge in [0.05, 0.1) is 12.9 Å². The first kappa shape index (κ1) is 30.8. The number of H-pyrrole nitrogens is 1. The maximum atomic E-state index is 12.2. The van der Waals surface area contributed by atoms with Gasteiger partial charge < -0.3 is 20.1 Å². The van der Waals surface area contributed by atoms with E-state index in [2.05, 4.69) is 21.9 Å². The Morgan fingerprint density at radius 3 is 2.14 bits per heavy atom. The third-order valence-electron chi connectivity index (χ3n) is 6.95. The van der Waals surface area contributed by atoms with E-state index in [1.807, 2.05) is 0 Å². The summed E-state index contributed by atoms with van der Waals surface area (Å²) in [5, 5.41) is 9.43. The number of aromatic amines is 1. The Hall–Kier alpha value is -2.42. The summed E-state index contributed by atoms with van der Waals surface area (Å²) in [6.45, 7) is 2.86. The summed E-state index contributed by atoms with van der Waals surface area (Å²) in [6.07, 6.45) is 21.8. The lowest BCUT2D eigenvalue weighted by atomic mass is 10.0. The van der Waals surface area contributed by atoms with E-state index < -0.39 is 5.56 Å². The lowest BCUT2D eigenvalue weighted by Crippen LogP contribution is -2.21. The number of carbonyl (C=O) groups is 1. The Morgan fingerprint density at radius 2 is 1.57 bits per heavy atom. The van der Waals surface area contributed by atoms with E-state index in [1.54, 1.807) is 4.57 Å². The van der Waals surface area contributed by atoms with Gasteiger partial charge in [-0.3, -0.25) is 14.6 Å². The molecule has 2 rings (SSSR count). The number of nitrogen functional groups attached to an aromatic ring is 1. The van der Waals surface area contributed by atoms with E-state index in [0.717, 1.165) is 12.8 Å². The molecule has 1 unspecified atom stereocenters. The minimum Gasteiger partial charge on any atom is -0.465 e. The van der Waals surface area contributed by atoms with E-state index in [0.29, 0.717) is 25.0 Å². The van der Waals surface area contributed by atoms with E-state index in [4.69, 9.17) is 10.5 Å². The molecular formula is C28H49N5O4. The molecule has 0 aromatic carbocycles. The van der Waals surface area contributed by atoms with Gasteiger partial charge in [0, 0.05) is 25.5 Å². The summed E-state index contributed by atoms with van der Waals surface area (Å²) in [5.74, 6) is -0.297. The standard InChI is InChI=1S/C28H49N5O4/c1-2-3-4-5-6-7-8-9-10-11-12-13-14-15-16-17-24(35)37-21-23(18-19-34)20-33-22-30-25-26(33)31-28(29)32-27(25)36/h22-23,34H,2-21H2,1H3,(H3,29,31,32,36). The van der Waals surface area contributed by atoms with Crippen LogP contribution in [0.4, 0.5) is 5.95 Å². The molecule has 210 valence electrons. The van der Waals surface area contributed by atoms with Crippen LogP contribution in [0, 0.1) is 5.92 Å². The highest BCUT2D eigenvalue weighted by atomic mass is 16.5. The number of aromatic nitrogens is 4. The SMILES string of the molecule is CCCCCCCCCCCCCCCCCC(=O)OCC(CCO)Cn1cnc2c(=O)[nH]c(N)nc21. The zero-order chi connectivity index (χ0) is 26.7. The summed E-state index contributed by atoms with van der Waals surface area (Å²) < 4.78 is 7.20. The van der Waals surface area contributed by atoms with Crippen LogP contribution in [0.15, 0.2) is 11.1 Å². The second-order valence-corrected chi connectivity index (χ2v) is 10.3. The number of nitrogens with one attached hydrogen (secondary N) is 1. The summed E-state index contributed by atoms with van der Waals surface area (Å²) in [7, 11) is 0. The predicted molar refractivity (Wildman–Crippen MR) is 148 cm³/mol. The highest BCUT2D eigenvalue weighted by Crippen LogP contribution is 2.15. The second-order valence-electron chi connectivity index (χ2n) is 10.3. The monoisotopic (exact) mass is 519 g/mol. The molecule has 1 atom stereocenters. The molecule has 0 amide bonds. The minimum absolute atomic E-state index is 0.0212. The first-order valence-electron chi connectivity index (χ1n) is 14.5. The van der Waals surface area contributed by atoms with Crippen molar-refractivity contribution in [1.29, 1.82) is 0 Å². The van der Waals surface area contributed by atoms with Crippen LogP contribution in [0.2, 0.25) is 0 Å². The normalized spacial score (nSPS) is 12.3. The quantitative estimate of drug-likeness (QED) is 0.138. The molecule has 0 saturated carbocycles. The van der Waals surface area contributed by atoms with Crippen LogP contribution < -0.4 is 11.3 Å². The molecule has 9 nitrogen and oxygen atoms in total. The Kier molecular flexibility index (Phi) is 15.6. The number of ether oxygens (including phenoxy) is 1. The fourth-order valence-electron chi connectivity index (χ4n) is 4.72. The minimum atomic E-state index is -0.394. The number of nitrogens with zero attached hydrogens (tertiary/aromatic N) is 3. The Bertz CT molecular complexity index is 942. The maximum absolute atomic E-state index is 12.2. The molecule has 0 aliphatic heterocycles. The smallest absolute Gasteiger partial charge is 0.305 e. The maximum Gasteiger partial charge on any atom is 0.305 e. The largest absolute Gasteiger partial charge is 0.465 e. The van der Waals surface area contributed by atoms with Crippen molar-refractivity contribution in [3.63, 3.8) is 0 Å². The molecule has 0 aliphatic carbocycles. The van der Waals surface area contributed by atoms with Gasteiger partial charge in [0.2, 0.25) is 5.95 Å². The lowest BCUT2D eigenvalue weighted by Gasteiger charge is -2.17. The van der Waals surface area contributed by atoms with Crippen molar-refractivity contribution >= 4 is 23.1 Å². The van der Waals surface area contributed by atoms with Crippen LogP contribution >= 0.6 is 0 Å². The van der Waals surface area contributed by atoms with Crippen molar-refractivity contribution in [2.45, 2.75) is 123 Å². The third-order valence-corrected chi connectivity index (χ3v) is 6.95. The van der Waals surface area contributed by atoms with Gasteiger partial charge in [-0.15, -0.1) is 0 Å². The van der Waals surface area contributed by atoms with Gasteiger partial charge in [0.1, 0.15) is 0 Å². The van der Waals surface area contributed by atoms with E-state index >= 15 is 0 Å². The number of aliphatic hydroxyl groups excluding tert-OH is 1. The number of esters is 1. The number of hydrogen-bond acceptors (Lipinski definition) is 7. The number of aliphatic hydroxyl groups is 1. The molecular weight excluding hydrogens is 470 g/mol. The lowest BCUT2D eigenvalue weighted by molar-refractivity contribution is -0.145. The van der Waals surface area contributed by atoms with Crippen molar-refractivity contribution in [3.8, 4) is 0 Å². The molecule has 0 saturated heterocycles. The summed E-state index contributed by atoms with van der Waals surface area (Å²) >= 11 is 0. The molecule has 2 aromatic heterocycles. The van der Waals surface area contributed by atoms with Gasteiger partial charge in [-0.25, -0.2) is 4.98 Å². The van der Waals surface area contributed by atoms with Gasteiger partial charge >= 0.3 is 5.97 Å². The molecule has 0 fully saturated rings. The van der Waals surface area contributed by atoms with E-state index in [9.17, 15) is 14.7 Å². The van der Waals surface area contributed by atoms with Crippen LogP contribution in [-0.2, 0) is 16.1 Å². The van der Waals surface area contributed by atoms with Gasteiger partial charge in [-0.2, -0.15) is 4.98 Å². The zero-order valence-corrected chi connectivity index (χ0v) is 22.9.